The highest BCUT2D eigenvalue weighted by molar-refractivity contribution is 5.93. The first-order chi connectivity index (χ1) is 9.47. The van der Waals surface area contributed by atoms with E-state index in [-0.39, 0.29) is 29.6 Å². The first-order valence-corrected chi connectivity index (χ1v) is 6.31. The third kappa shape index (κ3) is 3.14. The molecule has 0 spiro atoms. The van der Waals surface area contributed by atoms with Crippen LogP contribution < -0.4 is 0 Å². The number of amides is 1. The van der Waals surface area contributed by atoms with Gasteiger partial charge in [-0.15, -0.1) is 0 Å². The number of nitrogens with zero attached hydrogens (tertiary/aromatic N) is 2. The zero-order valence-corrected chi connectivity index (χ0v) is 10.7. The van der Waals surface area contributed by atoms with Crippen LogP contribution in [0.1, 0.15) is 29.8 Å². The molecule has 8 nitrogen and oxygen atoms in total. The number of piperidine rings is 1. The van der Waals surface area contributed by atoms with Crippen LogP contribution in [0.4, 0.5) is 5.69 Å². The minimum atomic E-state index is -0.875. The number of aliphatic carboxylic acids is 1. The van der Waals surface area contributed by atoms with Crippen LogP contribution in [0.15, 0.2) is 12.3 Å². The van der Waals surface area contributed by atoms with Gasteiger partial charge in [-0.2, -0.15) is 0 Å². The fourth-order valence-electron chi connectivity index (χ4n) is 2.45. The lowest BCUT2D eigenvalue weighted by Gasteiger charge is -2.31. The van der Waals surface area contributed by atoms with Crippen LogP contribution in [0.2, 0.25) is 0 Å². The van der Waals surface area contributed by atoms with Crippen LogP contribution in [0.5, 0.6) is 0 Å². The molecule has 1 fully saturated rings. The third-order valence-corrected chi connectivity index (χ3v) is 3.38. The molecule has 0 radical (unpaired) electrons. The second-order valence-electron chi connectivity index (χ2n) is 4.89. The summed E-state index contributed by atoms with van der Waals surface area (Å²) < 4.78 is 0. The summed E-state index contributed by atoms with van der Waals surface area (Å²) in [5.41, 5.74) is 0.000111. The van der Waals surface area contributed by atoms with Crippen LogP contribution >= 0.6 is 0 Å². The van der Waals surface area contributed by atoms with Gasteiger partial charge in [0, 0.05) is 25.6 Å². The van der Waals surface area contributed by atoms with Crippen molar-refractivity contribution in [3.63, 3.8) is 0 Å². The molecule has 1 aliphatic rings. The van der Waals surface area contributed by atoms with E-state index in [0.717, 1.165) is 12.8 Å². The minimum Gasteiger partial charge on any atom is -0.481 e. The number of carbonyl (C=O) groups is 2. The molecule has 0 bridgehead atoms. The number of hydrogen-bond donors (Lipinski definition) is 2. The molecule has 0 aromatic carbocycles. The van der Waals surface area contributed by atoms with Crippen molar-refractivity contribution >= 4 is 17.6 Å². The molecule has 2 heterocycles. The van der Waals surface area contributed by atoms with Crippen LogP contribution in [0.25, 0.3) is 0 Å². The average Bonchev–Trinajstić information content (AvgIpc) is 2.87. The predicted molar refractivity (Wildman–Crippen MR) is 68.3 cm³/mol. The topological polar surface area (TPSA) is 117 Å². The SMILES string of the molecule is O=C(O)CC1CCCN(C(=O)c2cc([N+](=O)[O-])c[nH]2)C1. The van der Waals surface area contributed by atoms with E-state index >= 15 is 0 Å². The summed E-state index contributed by atoms with van der Waals surface area (Å²) >= 11 is 0. The molecule has 0 saturated carbocycles. The van der Waals surface area contributed by atoms with Gasteiger partial charge in [0.15, 0.2) is 0 Å². The van der Waals surface area contributed by atoms with Crippen molar-refractivity contribution in [2.45, 2.75) is 19.3 Å². The molecule has 20 heavy (non-hydrogen) atoms. The first kappa shape index (κ1) is 14.0. The molecule has 1 aliphatic heterocycles. The number of hydrogen-bond acceptors (Lipinski definition) is 4. The highest BCUT2D eigenvalue weighted by Gasteiger charge is 2.27. The lowest BCUT2D eigenvalue weighted by Crippen LogP contribution is -2.40. The summed E-state index contributed by atoms with van der Waals surface area (Å²) in [5.74, 6) is -1.26. The number of rotatable bonds is 4. The predicted octanol–water partition coefficient (Wildman–Crippen LogP) is 1.25. The Bertz CT molecular complexity index is 539. The Morgan fingerprint density at radius 3 is 2.90 bits per heavy atom. The van der Waals surface area contributed by atoms with Crippen molar-refractivity contribution in [1.29, 1.82) is 0 Å². The van der Waals surface area contributed by atoms with Crippen molar-refractivity contribution in [3.05, 3.63) is 28.1 Å². The van der Waals surface area contributed by atoms with Gasteiger partial charge in [-0.3, -0.25) is 19.7 Å². The fraction of sp³-hybridized carbons (Fsp3) is 0.500. The smallest absolute Gasteiger partial charge is 0.303 e. The molecule has 1 unspecified atom stereocenters. The van der Waals surface area contributed by atoms with Crippen molar-refractivity contribution in [3.8, 4) is 0 Å². The summed E-state index contributed by atoms with van der Waals surface area (Å²) in [6.07, 6.45) is 2.73. The highest BCUT2D eigenvalue weighted by Crippen LogP contribution is 2.22. The monoisotopic (exact) mass is 281 g/mol. The largest absolute Gasteiger partial charge is 0.481 e. The highest BCUT2D eigenvalue weighted by atomic mass is 16.6. The molecule has 1 atom stereocenters. The first-order valence-electron chi connectivity index (χ1n) is 6.31. The van der Waals surface area contributed by atoms with Gasteiger partial charge in [-0.25, -0.2) is 0 Å². The Morgan fingerprint density at radius 2 is 2.30 bits per heavy atom. The van der Waals surface area contributed by atoms with Crippen LogP contribution in [-0.2, 0) is 4.79 Å². The molecule has 1 saturated heterocycles. The summed E-state index contributed by atoms with van der Waals surface area (Å²) in [4.78, 5) is 37.0. The number of H-pyrrole nitrogens is 1. The molecule has 8 heteroatoms. The maximum Gasteiger partial charge on any atom is 0.303 e. The van der Waals surface area contributed by atoms with E-state index < -0.39 is 10.9 Å². The molecule has 1 amide bonds. The van der Waals surface area contributed by atoms with Gasteiger partial charge < -0.3 is 15.0 Å². The quantitative estimate of drug-likeness (QED) is 0.636. The number of aromatic nitrogens is 1. The normalized spacial score (nSPS) is 18.8. The second-order valence-corrected chi connectivity index (χ2v) is 4.89. The second kappa shape index (κ2) is 5.72. The number of nitrogens with one attached hydrogen (secondary N) is 1. The molecular weight excluding hydrogens is 266 g/mol. The van der Waals surface area contributed by atoms with Gasteiger partial charge >= 0.3 is 5.97 Å². The number of carboxylic acid groups (broad SMARTS) is 1. The lowest BCUT2D eigenvalue weighted by molar-refractivity contribution is -0.384. The van der Waals surface area contributed by atoms with E-state index in [1.54, 1.807) is 4.90 Å². The Hall–Kier alpha value is -2.38. The van der Waals surface area contributed by atoms with E-state index in [0.29, 0.717) is 13.1 Å². The van der Waals surface area contributed by atoms with Crippen molar-refractivity contribution in [2.24, 2.45) is 5.92 Å². The summed E-state index contributed by atoms with van der Waals surface area (Å²) in [6, 6.07) is 1.20. The number of carboxylic acids is 1. The van der Waals surface area contributed by atoms with Crippen molar-refractivity contribution in [2.75, 3.05) is 13.1 Å². The molecule has 0 aliphatic carbocycles. The van der Waals surface area contributed by atoms with Gasteiger partial charge in [0.05, 0.1) is 11.1 Å². The summed E-state index contributed by atoms with van der Waals surface area (Å²) in [5, 5.41) is 19.4. The number of aromatic amines is 1. The average molecular weight is 281 g/mol. The Kier molecular flexibility index (Phi) is 4.02. The molecule has 108 valence electrons. The number of carbonyl (C=O) groups excluding carboxylic acids is 1. The zero-order chi connectivity index (χ0) is 14.7. The lowest BCUT2D eigenvalue weighted by atomic mass is 9.94. The standard InChI is InChI=1S/C12H15N3O5/c16-11(17)4-8-2-1-3-14(7-8)12(18)10-5-9(6-13-10)15(19)20/h5-6,8,13H,1-4,7H2,(H,16,17). The molecule has 1 aromatic heterocycles. The maximum absolute atomic E-state index is 12.2. The van der Waals surface area contributed by atoms with Gasteiger partial charge in [0.2, 0.25) is 0 Å². The van der Waals surface area contributed by atoms with Crippen LogP contribution in [-0.4, -0.2) is 44.9 Å². The molecule has 2 N–H and O–H groups in total. The van der Waals surface area contributed by atoms with E-state index in [4.69, 9.17) is 5.11 Å². The van der Waals surface area contributed by atoms with E-state index in [2.05, 4.69) is 4.98 Å². The van der Waals surface area contributed by atoms with E-state index in [9.17, 15) is 19.7 Å². The Labute approximate surface area is 114 Å². The molecular formula is C12H15N3O5. The van der Waals surface area contributed by atoms with Crippen molar-refractivity contribution < 1.29 is 19.6 Å². The molecule has 1 aromatic rings. The van der Waals surface area contributed by atoms with Crippen molar-refractivity contribution in [1.82, 2.24) is 9.88 Å². The van der Waals surface area contributed by atoms with Gasteiger partial charge in [0.25, 0.3) is 11.6 Å². The number of likely N-dealkylation sites (tertiary alicyclic amines) is 1. The minimum absolute atomic E-state index is 0.0364. The Balaban J connectivity index is 2.04. The van der Waals surface area contributed by atoms with E-state index in [1.807, 2.05) is 0 Å². The molecule has 2 rings (SSSR count). The van der Waals surface area contributed by atoms with Gasteiger partial charge in [-0.05, 0) is 18.8 Å². The fourth-order valence-corrected chi connectivity index (χ4v) is 2.45. The van der Waals surface area contributed by atoms with Gasteiger partial charge in [0.1, 0.15) is 5.69 Å². The zero-order valence-electron chi connectivity index (χ0n) is 10.7. The maximum atomic E-state index is 12.2. The van der Waals surface area contributed by atoms with E-state index in [1.165, 1.54) is 12.3 Å². The van der Waals surface area contributed by atoms with Gasteiger partial charge in [-0.1, -0.05) is 0 Å². The summed E-state index contributed by atoms with van der Waals surface area (Å²) in [6.45, 7) is 0.916. The summed E-state index contributed by atoms with van der Waals surface area (Å²) in [7, 11) is 0. The number of nitro groups is 1. The third-order valence-electron chi connectivity index (χ3n) is 3.38. The Morgan fingerprint density at radius 1 is 1.55 bits per heavy atom. The van der Waals surface area contributed by atoms with Crippen LogP contribution in [0.3, 0.4) is 0 Å². The van der Waals surface area contributed by atoms with Crippen LogP contribution in [0, 0.1) is 16.0 Å².